The maximum absolute atomic E-state index is 11.2. The zero-order valence-corrected chi connectivity index (χ0v) is 14.9. The zero-order valence-electron chi connectivity index (χ0n) is 14.9. The van der Waals surface area contributed by atoms with Crippen LogP contribution in [0, 0.1) is 0 Å². The van der Waals surface area contributed by atoms with Crippen LogP contribution < -0.4 is 0 Å². The maximum atomic E-state index is 11.2. The van der Waals surface area contributed by atoms with Crippen molar-refractivity contribution in [3.8, 4) is 0 Å². The van der Waals surface area contributed by atoms with E-state index in [1.807, 2.05) is 48.5 Å². The molecule has 1 heterocycles. The second-order valence-electron chi connectivity index (χ2n) is 6.71. The molecule has 134 valence electrons. The van der Waals surface area contributed by atoms with Crippen molar-refractivity contribution in [2.24, 2.45) is 0 Å². The third kappa shape index (κ3) is 3.49. The van der Waals surface area contributed by atoms with Crippen molar-refractivity contribution in [3.63, 3.8) is 0 Å². The van der Waals surface area contributed by atoms with E-state index >= 15 is 0 Å². The molecule has 1 aromatic heterocycles. The first kappa shape index (κ1) is 17.1. The SMILES string of the molecule is O=C(O)CCc1c(C(c2ccccc2)c2ccccc2)[nH]c2ccccc12. The van der Waals surface area contributed by atoms with Crippen LogP contribution in [0.4, 0.5) is 0 Å². The van der Waals surface area contributed by atoms with Crippen LogP contribution >= 0.6 is 0 Å². The molecule has 4 aromatic rings. The number of fused-ring (bicyclic) bond motifs is 1. The lowest BCUT2D eigenvalue weighted by Gasteiger charge is -2.19. The Morgan fingerprint density at radius 1 is 0.815 bits per heavy atom. The Morgan fingerprint density at radius 2 is 1.37 bits per heavy atom. The fraction of sp³-hybridized carbons (Fsp3) is 0.125. The quantitative estimate of drug-likeness (QED) is 0.489. The molecule has 2 N–H and O–H groups in total. The Labute approximate surface area is 158 Å². The molecule has 0 unspecified atom stereocenters. The van der Waals surface area contributed by atoms with Crippen LogP contribution in [0.3, 0.4) is 0 Å². The summed E-state index contributed by atoms with van der Waals surface area (Å²) in [5.41, 5.74) is 5.59. The van der Waals surface area contributed by atoms with Crippen LogP contribution in [0.1, 0.15) is 34.7 Å². The first-order valence-corrected chi connectivity index (χ1v) is 9.15. The fourth-order valence-corrected chi connectivity index (χ4v) is 3.79. The minimum atomic E-state index is -0.776. The molecule has 0 saturated heterocycles. The van der Waals surface area contributed by atoms with Crippen molar-refractivity contribution in [3.05, 3.63) is 107 Å². The van der Waals surface area contributed by atoms with Gasteiger partial charge in [-0.05, 0) is 29.2 Å². The van der Waals surface area contributed by atoms with Crippen LogP contribution in [0.15, 0.2) is 84.9 Å². The van der Waals surface area contributed by atoms with Gasteiger partial charge in [0.25, 0.3) is 0 Å². The minimum Gasteiger partial charge on any atom is -0.481 e. The van der Waals surface area contributed by atoms with Crippen LogP contribution in [0.25, 0.3) is 10.9 Å². The lowest BCUT2D eigenvalue weighted by Crippen LogP contribution is -2.07. The molecule has 3 nitrogen and oxygen atoms in total. The predicted molar refractivity (Wildman–Crippen MR) is 108 cm³/mol. The fourth-order valence-electron chi connectivity index (χ4n) is 3.79. The molecule has 0 spiro atoms. The van der Waals surface area contributed by atoms with E-state index in [2.05, 4.69) is 41.4 Å². The van der Waals surface area contributed by atoms with E-state index in [1.54, 1.807) is 0 Å². The lowest BCUT2D eigenvalue weighted by molar-refractivity contribution is -0.136. The average Bonchev–Trinajstić information content (AvgIpc) is 3.06. The number of carbonyl (C=O) groups is 1. The number of hydrogen-bond donors (Lipinski definition) is 2. The maximum Gasteiger partial charge on any atom is 0.303 e. The Bertz CT molecular complexity index is 1010. The van der Waals surface area contributed by atoms with E-state index in [9.17, 15) is 9.90 Å². The van der Waals surface area contributed by atoms with Gasteiger partial charge in [-0.1, -0.05) is 78.9 Å². The van der Waals surface area contributed by atoms with Crippen LogP contribution in [-0.2, 0) is 11.2 Å². The van der Waals surface area contributed by atoms with Gasteiger partial charge in [0.05, 0.1) is 0 Å². The highest BCUT2D eigenvalue weighted by atomic mass is 16.4. The second kappa shape index (κ2) is 7.50. The number of para-hydroxylation sites is 1. The van der Waals surface area contributed by atoms with Crippen molar-refractivity contribution in [2.45, 2.75) is 18.8 Å². The van der Waals surface area contributed by atoms with Crippen molar-refractivity contribution >= 4 is 16.9 Å². The molecule has 0 aliphatic heterocycles. The van der Waals surface area contributed by atoms with Crippen molar-refractivity contribution in [2.75, 3.05) is 0 Å². The molecule has 0 fully saturated rings. The molecule has 0 atom stereocenters. The summed E-state index contributed by atoms with van der Waals surface area (Å²) in [6.45, 7) is 0. The van der Waals surface area contributed by atoms with Gasteiger partial charge in [-0.3, -0.25) is 4.79 Å². The Morgan fingerprint density at radius 3 is 1.96 bits per heavy atom. The van der Waals surface area contributed by atoms with Gasteiger partial charge in [0, 0.05) is 28.9 Å². The molecule has 4 rings (SSSR count). The second-order valence-corrected chi connectivity index (χ2v) is 6.71. The van der Waals surface area contributed by atoms with Crippen LogP contribution in [-0.4, -0.2) is 16.1 Å². The van der Waals surface area contributed by atoms with Crippen LogP contribution in [0.5, 0.6) is 0 Å². The van der Waals surface area contributed by atoms with Gasteiger partial charge in [-0.2, -0.15) is 0 Å². The smallest absolute Gasteiger partial charge is 0.303 e. The number of aromatic nitrogens is 1. The van der Waals surface area contributed by atoms with Gasteiger partial charge in [0.2, 0.25) is 0 Å². The normalized spacial score (nSPS) is 11.1. The third-order valence-electron chi connectivity index (χ3n) is 4.99. The van der Waals surface area contributed by atoms with Crippen molar-refractivity contribution in [1.29, 1.82) is 0 Å². The van der Waals surface area contributed by atoms with Gasteiger partial charge >= 0.3 is 5.97 Å². The molecule has 0 amide bonds. The number of benzene rings is 3. The number of aromatic amines is 1. The summed E-state index contributed by atoms with van der Waals surface area (Å²) in [5, 5.41) is 10.3. The topological polar surface area (TPSA) is 53.1 Å². The van der Waals surface area contributed by atoms with Crippen molar-refractivity contribution < 1.29 is 9.90 Å². The minimum absolute atomic E-state index is 0.0311. The monoisotopic (exact) mass is 355 g/mol. The first-order valence-electron chi connectivity index (χ1n) is 9.15. The van der Waals surface area contributed by atoms with E-state index in [4.69, 9.17) is 0 Å². The molecular weight excluding hydrogens is 334 g/mol. The summed E-state index contributed by atoms with van der Waals surface area (Å²) < 4.78 is 0. The largest absolute Gasteiger partial charge is 0.481 e. The molecule has 3 aromatic carbocycles. The van der Waals surface area contributed by atoms with Gasteiger partial charge in [-0.25, -0.2) is 0 Å². The summed E-state index contributed by atoms with van der Waals surface area (Å²) in [7, 11) is 0. The third-order valence-corrected chi connectivity index (χ3v) is 4.99. The van der Waals surface area contributed by atoms with Gasteiger partial charge < -0.3 is 10.1 Å². The molecular formula is C24H21NO2. The Hall–Kier alpha value is -3.33. The number of rotatable bonds is 6. The number of carboxylic acid groups (broad SMARTS) is 1. The Kier molecular flexibility index (Phi) is 4.75. The van der Waals surface area contributed by atoms with E-state index in [0.717, 1.165) is 22.2 Å². The van der Waals surface area contributed by atoms with Gasteiger partial charge in [0.15, 0.2) is 0 Å². The highest BCUT2D eigenvalue weighted by Gasteiger charge is 2.23. The number of carboxylic acids is 1. The van der Waals surface area contributed by atoms with Crippen LogP contribution in [0.2, 0.25) is 0 Å². The molecule has 0 saturated carbocycles. The summed E-state index contributed by atoms with van der Waals surface area (Å²) in [6, 6.07) is 28.9. The molecule has 0 aliphatic carbocycles. The number of hydrogen-bond acceptors (Lipinski definition) is 1. The summed E-state index contributed by atoms with van der Waals surface area (Å²) in [4.78, 5) is 14.8. The van der Waals surface area contributed by atoms with Crippen molar-refractivity contribution in [1.82, 2.24) is 4.98 Å². The lowest BCUT2D eigenvalue weighted by atomic mass is 9.85. The summed E-state index contributed by atoms with van der Waals surface area (Å²) in [5.74, 6) is -0.745. The highest BCUT2D eigenvalue weighted by Crippen LogP contribution is 2.37. The number of nitrogens with one attached hydrogen (secondary N) is 1. The first-order chi connectivity index (χ1) is 13.2. The number of aliphatic carboxylic acids is 1. The van der Waals surface area contributed by atoms with Gasteiger partial charge in [0.1, 0.15) is 0 Å². The molecule has 3 heteroatoms. The highest BCUT2D eigenvalue weighted by molar-refractivity contribution is 5.86. The zero-order chi connectivity index (χ0) is 18.6. The number of aryl methyl sites for hydroxylation is 1. The van der Waals surface area contributed by atoms with Gasteiger partial charge in [-0.15, -0.1) is 0 Å². The molecule has 0 aliphatic rings. The number of H-pyrrole nitrogens is 1. The predicted octanol–water partition coefficient (Wildman–Crippen LogP) is 5.37. The Balaban J connectivity index is 1.93. The molecule has 27 heavy (non-hydrogen) atoms. The van der Waals surface area contributed by atoms with E-state index in [-0.39, 0.29) is 12.3 Å². The molecule has 0 radical (unpaired) electrons. The summed E-state index contributed by atoms with van der Waals surface area (Å²) in [6.07, 6.45) is 0.621. The molecule has 0 bridgehead atoms. The van der Waals surface area contributed by atoms with E-state index < -0.39 is 5.97 Å². The standard InChI is InChI=1S/C24H21NO2/c26-22(27)16-15-20-19-13-7-8-14-21(19)25-24(20)23(17-9-3-1-4-10-17)18-11-5-2-6-12-18/h1-14,23,25H,15-16H2,(H,26,27). The summed E-state index contributed by atoms with van der Waals surface area (Å²) >= 11 is 0. The van der Waals surface area contributed by atoms with E-state index in [1.165, 1.54) is 11.1 Å². The van der Waals surface area contributed by atoms with E-state index in [0.29, 0.717) is 6.42 Å². The average molecular weight is 355 g/mol.